The second-order valence-corrected chi connectivity index (χ2v) is 5.12. The molecule has 1 aliphatic heterocycles. The highest BCUT2D eigenvalue weighted by Crippen LogP contribution is 2.30. The molecule has 1 aromatic carbocycles. The van der Waals surface area contributed by atoms with E-state index in [2.05, 4.69) is 10.1 Å². The fourth-order valence-electron chi connectivity index (χ4n) is 2.55. The predicted molar refractivity (Wildman–Crippen MR) is 72.4 cm³/mol. The number of furan rings is 1. The molecule has 0 N–H and O–H groups in total. The summed E-state index contributed by atoms with van der Waals surface area (Å²) in [7, 11) is 0. The molecule has 3 aromatic rings. The van der Waals surface area contributed by atoms with Gasteiger partial charge in [-0.25, -0.2) is 0 Å². The number of hydrogen-bond acceptors (Lipinski definition) is 5. The maximum Gasteiger partial charge on any atom is 0.293 e. The molecule has 0 radical (unpaired) electrons. The van der Waals surface area contributed by atoms with Crippen molar-refractivity contribution in [2.45, 2.75) is 19.3 Å². The summed E-state index contributed by atoms with van der Waals surface area (Å²) in [4.78, 5) is 4.44. The van der Waals surface area contributed by atoms with Crippen LogP contribution in [0, 0.1) is 6.92 Å². The van der Waals surface area contributed by atoms with Gasteiger partial charge in [-0.3, -0.25) is 0 Å². The minimum atomic E-state index is 0.235. The van der Waals surface area contributed by atoms with Gasteiger partial charge >= 0.3 is 0 Å². The lowest BCUT2D eigenvalue weighted by Gasteiger charge is -1.97. The molecule has 1 aliphatic rings. The average Bonchev–Trinajstić information content (AvgIpc) is 3.18. The summed E-state index contributed by atoms with van der Waals surface area (Å²) in [6, 6.07) is 7.97. The number of aryl methyl sites for hydroxylation is 1. The third-order valence-electron chi connectivity index (χ3n) is 3.69. The lowest BCUT2D eigenvalue weighted by atomic mass is 10.1. The number of para-hydroxylation sites is 1. The molecule has 5 heteroatoms. The van der Waals surface area contributed by atoms with Crippen molar-refractivity contribution in [1.29, 1.82) is 0 Å². The van der Waals surface area contributed by atoms with Gasteiger partial charge in [0.1, 0.15) is 5.58 Å². The van der Waals surface area contributed by atoms with E-state index in [0.29, 0.717) is 24.1 Å². The van der Waals surface area contributed by atoms with Crippen molar-refractivity contribution in [1.82, 2.24) is 10.1 Å². The molecule has 1 atom stereocenters. The Morgan fingerprint density at radius 2 is 2.25 bits per heavy atom. The minimum Gasteiger partial charge on any atom is -0.451 e. The minimum absolute atomic E-state index is 0.235. The fraction of sp³-hybridized carbons (Fsp3) is 0.333. The van der Waals surface area contributed by atoms with Gasteiger partial charge in [-0.15, -0.1) is 0 Å². The van der Waals surface area contributed by atoms with Gasteiger partial charge in [0.15, 0.2) is 11.6 Å². The highest BCUT2D eigenvalue weighted by atomic mass is 16.5. The Morgan fingerprint density at radius 3 is 3.05 bits per heavy atom. The largest absolute Gasteiger partial charge is 0.451 e. The van der Waals surface area contributed by atoms with Crippen LogP contribution in [-0.2, 0) is 4.74 Å². The topological polar surface area (TPSA) is 61.3 Å². The van der Waals surface area contributed by atoms with E-state index in [1.165, 1.54) is 0 Å². The van der Waals surface area contributed by atoms with Crippen LogP contribution in [0.2, 0.25) is 0 Å². The predicted octanol–water partition coefficient (Wildman–Crippen LogP) is 3.30. The van der Waals surface area contributed by atoms with Crippen molar-refractivity contribution in [3.05, 3.63) is 35.7 Å². The molecule has 0 amide bonds. The molecule has 102 valence electrons. The van der Waals surface area contributed by atoms with Crippen molar-refractivity contribution >= 4 is 11.0 Å². The Morgan fingerprint density at radius 1 is 1.30 bits per heavy atom. The zero-order chi connectivity index (χ0) is 13.5. The first-order chi connectivity index (χ1) is 9.81. The highest BCUT2D eigenvalue weighted by Gasteiger charge is 2.24. The van der Waals surface area contributed by atoms with Crippen LogP contribution in [-0.4, -0.2) is 23.4 Å². The first-order valence-corrected chi connectivity index (χ1v) is 6.72. The van der Waals surface area contributed by atoms with Gasteiger partial charge in [-0.1, -0.05) is 23.4 Å². The number of ether oxygens (including phenoxy) is 1. The molecule has 0 unspecified atom stereocenters. The van der Waals surface area contributed by atoms with Gasteiger partial charge in [-0.2, -0.15) is 4.98 Å². The summed E-state index contributed by atoms with van der Waals surface area (Å²) in [5, 5.41) is 5.09. The standard InChI is InChI=1S/C15H14N2O3/c1-9-3-2-4-10-7-12(19-13(9)10)15-16-14(17-20-15)11-5-6-18-8-11/h2-4,7,11H,5-6,8H2,1H3/t11-/m1/s1. The van der Waals surface area contributed by atoms with Crippen molar-refractivity contribution < 1.29 is 13.7 Å². The first kappa shape index (κ1) is 11.7. The Labute approximate surface area is 115 Å². The SMILES string of the molecule is Cc1cccc2cc(-c3nc([C@@H]4CCOC4)no3)oc12. The molecule has 3 heterocycles. The summed E-state index contributed by atoms with van der Waals surface area (Å²) in [6.45, 7) is 3.45. The van der Waals surface area contributed by atoms with Crippen molar-refractivity contribution in [3.8, 4) is 11.7 Å². The Hall–Kier alpha value is -2.14. The molecule has 2 aromatic heterocycles. The van der Waals surface area contributed by atoms with Gasteiger partial charge in [0.25, 0.3) is 5.89 Å². The van der Waals surface area contributed by atoms with Crippen molar-refractivity contribution in [2.24, 2.45) is 0 Å². The molecule has 20 heavy (non-hydrogen) atoms. The molecular formula is C15H14N2O3. The van der Waals surface area contributed by atoms with Crippen LogP contribution in [0.1, 0.15) is 23.7 Å². The Balaban J connectivity index is 1.73. The van der Waals surface area contributed by atoms with E-state index >= 15 is 0 Å². The summed E-state index contributed by atoms with van der Waals surface area (Å²) >= 11 is 0. The first-order valence-electron chi connectivity index (χ1n) is 6.72. The zero-order valence-corrected chi connectivity index (χ0v) is 11.1. The molecular weight excluding hydrogens is 256 g/mol. The van der Waals surface area contributed by atoms with Crippen LogP contribution in [0.5, 0.6) is 0 Å². The summed E-state index contributed by atoms with van der Waals surface area (Å²) in [6.07, 6.45) is 0.943. The fourth-order valence-corrected chi connectivity index (χ4v) is 2.55. The zero-order valence-electron chi connectivity index (χ0n) is 11.1. The Bertz CT molecular complexity index is 753. The van der Waals surface area contributed by atoms with Crippen molar-refractivity contribution in [2.75, 3.05) is 13.2 Å². The van der Waals surface area contributed by atoms with Crippen molar-refractivity contribution in [3.63, 3.8) is 0 Å². The number of benzene rings is 1. The smallest absolute Gasteiger partial charge is 0.293 e. The lowest BCUT2D eigenvalue weighted by Crippen LogP contribution is -1.99. The number of aromatic nitrogens is 2. The number of fused-ring (bicyclic) bond motifs is 1. The van der Waals surface area contributed by atoms with E-state index in [9.17, 15) is 0 Å². The number of hydrogen-bond donors (Lipinski definition) is 0. The van der Waals surface area contributed by atoms with Crippen LogP contribution in [0.25, 0.3) is 22.6 Å². The monoisotopic (exact) mass is 270 g/mol. The molecule has 5 nitrogen and oxygen atoms in total. The maximum absolute atomic E-state index is 5.83. The third kappa shape index (κ3) is 1.82. The van der Waals surface area contributed by atoms with E-state index in [1.54, 1.807) is 0 Å². The lowest BCUT2D eigenvalue weighted by molar-refractivity contribution is 0.192. The summed E-state index contributed by atoms with van der Waals surface area (Å²) < 4.78 is 16.5. The van der Waals surface area contributed by atoms with E-state index < -0.39 is 0 Å². The van der Waals surface area contributed by atoms with Crippen LogP contribution in [0.3, 0.4) is 0 Å². The van der Waals surface area contributed by atoms with Gasteiger partial charge in [0.2, 0.25) is 0 Å². The van der Waals surface area contributed by atoms with Crippen LogP contribution in [0.4, 0.5) is 0 Å². The van der Waals surface area contributed by atoms with E-state index in [0.717, 1.165) is 29.6 Å². The van der Waals surface area contributed by atoms with Gasteiger partial charge in [-0.05, 0) is 25.0 Å². The average molecular weight is 270 g/mol. The van der Waals surface area contributed by atoms with Crippen LogP contribution in [0.15, 0.2) is 33.2 Å². The van der Waals surface area contributed by atoms with Gasteiger partial charge < -0.3 is 13.7 Å². The van der Waals surface area contributed by atoms with Crippen LogP contribution < -0.4 is 0 Å². The molecule has 0 saturated carbocycles. The van der Waals surface area contributed by atoms with Crippen LogP contribution >= 0.6 is 0 Å². The normalized spacial score (nSPS) is 18.9. The molecule has 4 rings (SSSR count). The van der Waals surface area contributed by atoms with Gasteiger partial charge in [0.05, 0.1) is 6.61 Å². The number of rotatable bonds is 2. The molecule has 0 bridgehead atoms. The van der Waals surface area contributed by atoms with E-state index in [-0.39, 0.29) is 5.92 Å². The maximum atomic E-state index is 5.83. The van der Waals surface area contributed by atoms with E-state index in [4.69, 9.17) is 13.7 Å². The van der Waals surface area contributed by atoms with Gasteiger partial charge in [0, 0.05) is 17.9 Å². The molecule has 0 aliphatic carbocycles. The third-order valence-corrected chi connectivity index (χ3v) is 3.69. The van der Waals surface area contributed by atoms with E-state index in [1.807, 2.05) is 31.2 Å². The summed E-state index contributed by atoms with van der Waals surface area (Å²) in [5.41, 5.74) is 1.96. The second-order valence-electron chi connectivity index (χ2n) is 5.12. The quantitative estimate of drug-likeness (QED) is 0.715. The Kier molecular flexibility index (Phi) is 2.60. The molecule has 1 saturated heterocycles. The second kappa shape index (κ2) is 4.45. The highest BCUT2D eigenvalue weighted by molar-refractivity contribution is 5.83. The number of nitrogens with zero attached hydrogens (tertiary/aromatic N) is 2. The summed E-state index contributed by atoms with van der Waals surface area (Å²) in [5.74, 6) is 1.99. The molecule has 1 fully saturated rings. The molecule has 0 spiro atoms.